The van der Waals surface area contributed by atoms with Crippen LogP contribution >= 0.6 is 0 Å². The lowest BCUT2D eigenvalue weighted by Crippen LogP contribution is -2.32. The fraction of sp³-hybridized carbons (Fsp3) is 0.240. The van der Waals surface area contributed by atoms with Crippen molar-refractivity contribution in [3.63, 3.8) is 0 Å². The normalized spacial score (nSPS) is 11.8. The van der Waals surface area contributed by atoms with E-state index in [2.05, 4.69) is 10.3 Å². The third-order valence-electron chi connectivity index (χ3n) is 4.98. The van der Waals surface area contributed by atoms with Gasteiger partial charge in [0.2, 0.25) is 0 Å². The van der Waals surface area contributed by atoms with Gasteiger partial charge in [0, 0.05) is 12.1 Å². The highest BCUT2D eigenvalue weighted by Gasteiger charge is 2.20. The van der Waals surface area contributed by atoms with Gasteiger partial charge in [-0.2, -0.15) is 0 Å². The lowest BCUT2D eigenvalue weighted by atomic mass is 10.2. The van der Waals surface area contributed by atoms with Gasteiger partial charge < -0.3 is 19.3 Å². The maximum absolute atomic E-state index is 12.9. The van der Waals surface area contributed by atoms with Gasteiger partial charge >= 0.3 is 0 Å². The smallest absolute Gasteiger partial charge is 0.287 e. The molecule has 0 spiro atoms. The van der Waals surface area contributed by atoms with Crippen molar-refractivity contribution in [2.24, 2.45) is 0 Å². The summed E-state index contributed by atoms with van der Waals surface area (Å²) in [6.07, 6.45) is -0.157. The van der Waals surface area contributed by atoms with Gasteiger partial charge in [-0.1, -0.05) is 31.2 Å². The summed E-state index contributed by atoms with van der Waals surface area (Å²) in [7, 11) is 0. The Hall–Kier alpha value is -4.07. The summed E-state index contributed by atoms with van der Waals surface area (Å²) in [5.41, 5.74) is 2.02. The minimum absolute atomic E-state index is 0.0556. The van der Waals surface area contributed by atoms with Crippen molar-refractivity contribution in [3.05, 3.63) is 88.0 Å². The number of nitrogens with one attached hydrogen (secondary N) is 1. The number of ether oxygens (including phenoxy) is 2. The van der Waals surface area contributed by atoms with Crippen molar-refractivity contribution in [1.82, 2.24) is 9.56 Å². The molecule has 8 nitrogen and oxygen atoms in total. The van der Waals surface area contributed by atoms with E-state index in [4.69, 9.17) is 14.0 Å². The first-order valence-corrected chi connectivity index (χ1v) is 10.7. The largest absolute Gasteiger partial charge is 0.485 e. The molecule has 0 fully saturated rings. The number of rotatable bonds is 8. The summed E-state index contributed by atoms with van der Waals surface area (Å²) >= 11 is 0. The van der Waals surface area contributed by atoms with Gasteiger partial charge in [-0.15, -0.1) is 4.57 Å². The molecule has 1 atom stereocenters. The first-order chi connectivity index (χ1) is 15.9. The Morgan fingerprint density at radius 2 is 1.91 bits per heavy atom. The predicted octanol–water partition coefficient (Wildman–Crippen LogP) is 4.28. The van der Waals surface area contributed by atoms with Crippen LogP contribution in [0.1, 0.15) is 30.4 Å². The van der Waals surface area contributed by atoms with Crippen molar-refractivity contribution < 1.29 is 18.8 Å². The molecule has 0 unspecified atom stereocenters. The Kier molecular flexibility index (Phi) is 6.44. The first-order valence-electron chi connectivity index (χ1n) is 10.7. The second-order valence-corrected chi connectivity index (χ2v) is 7.69. The molecule has 4 aromatic rings. The lowest BCUT2D eigenvalue weighted by molar-refractivity contribution is -0.122. The molecule has 2 aromatic carbocycles. The zero-order valence-electron chi connectivity index (χ0n) is 18.7. The lowest BCUT2D eigenvalue weighted by Gasteiger charge is -2.19. The van der Waals surface area contributed by atoms with Crippen LogP contribution in [0.5, 0.6) is 11.5 Å². The van der Waals surface area contributed by atoms with Gasteiger partial charge in [-0.05, 0) is 50.1 Å². The zero-order valence-corrected chi connectivity index (χ0v) is 18.7. The van der Waals surface area contributed by atoms with E-state index < -0.39 is 6.10 Å². The monoisotopic (exact) mass is 447 g/mol. The summed E-state index contributed by atoms with van der Waals surface area (Å²) in [6.45, 7) is 5.62. The van der Waals surface area contributed by atoms with E-state index in [1.807, 2.05) is 56.3 Å². The molecule has 4 rings (SSSR count). The molecule has 2 aromatic heterocycles. The molecule has 0 aliphatic heterocycles. The molecular formula is C25H25N3O5. The molecule has 170 valence electrons. The molecule has 1 N–H and O–H groups in total. The van der Waals surface area contributed by atoms with E-state index in [0.29, 0.717) is 40.7 Å². The Bertz CT molecular complexity index is 1330. The van der Waals surface area contributed by atoms with Crippen LogP contribution in [0, 0.1) is 13.8 Å². The number of anilines is 1. The summed E-state index contributed by atoms with van der Waals surface area (Å²) in [5.74, 6) is 1.41. The fourth-order valence-electron chi connectivity index (χ4n) is 3.35. The van der Waals surface area contributed by atoms with Gasteiger partial charge in [0.15, 0.2) is 11.8 Å². The number of aryl methyl sites for hydroxylation is 2. The average molecular weight is 447 g/mol. The van der Waals surface area contributed by atoms with E-state index in [9.17, 15) is 9.59 Å². The highest BCUT2D eigenvalue weighted by atomic mass is 16.5. The zero-order chi connectivity index (χ0) is 23.4. The van der Waals surface area contributed by atoms with Crippen LogP contribution in [0.25, 0.3) is 5.65 Å². The number of carbonyl (C=O) groups excluding carboxylic acids is 1. The Labute approximate surface area is 190 Å². The predicted molar refractivity (Wildman–Crippen MR) is 124 cm³/mol. The molecule has 33 heavy (non-hydrogen) atoms. The highest BCUT2D eigenvalue weighted by molar-refractivity contribution is 5.95. The Balaban J connectivity index is 1.50. The molecular weight excluding hydrogens is 422 g/mol. The van der Waals surface area contributed by atoms with E-state index in [-0.39, 0.29) is 18.1 Å². The molecule has 0 saturated carbocycles. The summed E-state index contributed by atoms with van der Waals surface area (Å²) in [6, 6.07) is 17.7. The molecule has 1 amide bonds. The number of benzene rings is 2. The van der Waals surface area contributed by atoms with Crippen LogP contribution in [0.2, 0.25) is 0 Å². The van der Waals surface area contributed by atoms with Crippen molar-refractivity contribution in [2.75, 3.05) is 5.32 Å². The summed E-state index contributed by atoms with van der Waals surface area (Å²) < 4.78 is 18.2. The fourth-order valence-corrected chi connectivity index (χ4v) is 3.35. The van der Waals surface area contributed by atoms with Crippen LogP contribution in [0.15, 0.2) is 70.0 Å². The number of carbonyl (C=O) groups is 1. The second kappa shape index (κ2) is 9.60. The van der Waals surface area contributed by atoms with Crippen LogP contribution in [0.3, 0.4) is 0 Å². The van der Waals surface area contributed by atoms with Gasteiger partial charge in [0.05, 0.1) is 11.4 Å². The molecule has 0 aliphatic rings. The standard InChI is InChI=1S/C25H25N3O5/c1-4-21(32-19-8-6-5-7-9-19)25(30)27-20-11-10-16(2)12-22(20)31-15-18-14-24(29)28-23(26-18)13-17(3)33-28/h5-14,21H,4,15H2,1-3H3,(H,27,30)/t21-/m1/s1. The number of amides is 1. The minimum Gasteiger partial charge on any atom is -0.485 e. The van der Waals surface area contributed by atoms with Crippen molar-refractivity contribution in [3.8, 4) is 11.5 Å². The van der Waals surface area contributed by atoms with Gasteiger partial charge in [-0.25, -0.2) is 4.98 Å². The van der Waals surface area contributed by atoms with E-state index in [0.717, 1.165) is 10.1 Å². The molecule has 0 aliphatic carbocycles. The van der Waals surface area contributed by atoms with E-state index in [1.165, 1.54) is 6.07 Å². The number of para-hydroxylation sites is 1. The number of hydrogen-bond acceptors (Lipinski definition) is 6. The molecule has 0 bridgehead atoms. The van der Waals surface area contributed by atoms with E-state index >= 15 is 0 Å². The maximum atomic E-state index is 12.9. The average Bonchev–Trinajstić information content (AvgIpc) is 3.19. The maximum Gasteiger partial charge on any atom is 0.287 e. The molecule has 0 saturated heterocycles. The number of nitrogens with zero attached hydrogens (tertiary/aromatic N) is 2. The Morgan fingerprint density at radius 1 is 1.12 bits per heavy atom. The molecule has 2 heterocycles. The molecule has 8 heteroatoms. The number of aromatic nitrogens is 2. The van der Waals surface area contributed by atoms with E-state index in [1.54, 1.807) is 19.1 Å². The first kappa shape index (κ1) is 22.1. The SMILES string of the molecule is CC[C@@H](Oc1ccccc1)C(=O)Nc1ccc(C)cc1OCc1cc(=O)n2oc(C)cc2n1. The van der Waals surface area contributed by atoms with Gasteiger partial charge in [0.1, 0.15) is 23.9 Å². The van der Waals surface area contributed by atoms with Crippen LogP contribution < -0.4 is 20.3 Å². The topological polar surface area (TPSA) is 95.1 Å². The van der Waals surface area contributed by atoms with Gasteiger partial charge in [0.25, 0.3) is 11.5 Å². The summed E-state index contributed by atoms with van der Waals surface area (Å²) in [5, 5.41) is 2.90. The number of fused-ring (bicyclic) bond motifs is 1. The van der Waals surface area contributed by atoms with Crippen LogP contribution in [0.4, 0.5) is 5.69 Å². The second-order valence-electron chi connectivity index (χ2n) is 7.69. The Morgan fingerprint density at radius 3 is 2.67 bits per heavy atom. The van der Waals surface area contributed by atoms with Crippen molar-refractivity contribution in [2.45, 2.75) is 39.9 Å². The van der Waals surface area contributed by atoms with Crippen LogP contribution in [-0.2, 0) is 11.4 Å². The highest BCUT2D eigenvalue weighted by Crippen LogP contribution is 2.27. The third kappa shape index (κ3) is 5.23. The minimum atomic E-state index is -0.657. The number of hydrogen-bond donors (Lipinski definition) is 1. The molecule has 0 radical (unpaired) electrons. The third-order valence-corrected chi connectivity index (χ3v) is 4.98. The van der Waals surface area contributed by atoms with Crippen molar-refractivity contribution in [1.29, 1.82) is 0 Å². The van der Waals surface area contributed by atoms with Gasteiger partial charge in [-0.3, -0.25) is 9.59 Å². The van der Waals surface area contributed by atoms with Crippen molar-refractivity contribution >= 4 is 17.2 Å². The summed E-state index contributed by atoms with van der Waals surface area (Å²) in [4.78, 5) is 29.6. The van der Waals surface area contributed by atoms with Crippen LogP contribution in [-0.4, -0.2) is 21.6 Å². The quantitative estimate of drug-likeness (QED) is 0.433.